The van der Waals surface area contributed by atoms with Crippen LogP contribution in [-0.4, -0.2) is 21.4 Å². The van der Waals surface area contributed by atoms with Gasteiger partial charge in [-0.2, -0.15) is 0 Å². The number of aromatic nitrogens is 1. The van der Waals surface area contributed by atoms with Gasteiger partial charge in [0.2, 0.25) is 0 Å². The van der Waals surface area contributed by atoms with Crippen molar-refractivity contribution in [3.63, 3.8) is 0 Å². The van der Waals surface area contributed by atoms with E-state index in [1.165, 1.54) is 10.4 Å². The summed E-state index contributed by atoms with van der Waals surface area (Å²) in [4.78, 5) is 8.68. The summed E-state index contributed by atoms with van der Waals surface area (Å²) < 4.78 is 0. The predicted molar refractivity (Wildman–Crippen MR) is 87.0 cm³/mol. The van der Waals surface area contributed by atoms with Crippen LogP contribution in [0.5, 0.6) is 0 Å². The SMILES string of the molecule is CC1c2ccsc2CCN1Cc1cccnc1C(N)=S. The summed E-state index contributed by atoms with van der Waals surface area (Å²) in [6, 6.07) is 6.69. The van der Waals surface area contributed by atoms with Crippen LogP contribution in [0, 0.1) is 0 Å². The molecule has 1 aliphatic rings. The van der Waals surface area contributed by atoms with E-state index in [0.717, 1.165) is 30.8 Å². The first kappa shape index (κ1) is 13.7. The standard InChI is InChI=1S/C15H17N3S2/c1-10-12-5-8-20-13(12)4-7-18(10)9-11-3-2-6-17-14(11)15(16)19/h2-3,5-6,8,10H,4,7,9H2,1H3,(H2,16,19). The number of thiocarbonyl (C=S) groups is 1. The largest absolute Gasteiger partial charge is 0.388 e. The molecule has 1 atom stereocenters. The highest BCUT2D eigenvalue weighted by Gasteiger charge is 2.25. The Kier molecular flexibility index (Phi) is 3.83. The molecule has 3 heterocycles. The summed E-state index contributed by atoms with van der Waals surface area (Å²) in [5.41, 5.74) is 9.10. The molecule has 0 bridgehead atoms. The molecule has 1 aliphatic heterocycles. The molecule has 0 fully saturated rings. The molecule has 5 heteroatoms. The number of thiophene rings is 1. The zero-order valence-corrected chi connectivity index (χ0v) is 13.0. The third-order valence-electron chi connectivity index (χ3n) is 3.90. The minimum Gasteiger partial charge on any atom is -0.388 e. The molecule has 20 heavy (non-hydrogen) atoms. The fourth-order valence-corrected chi connectivity index (χ4v) is 3.93. The Labute approximate surface area is 128 Å². The molecule has 0 saturated heterocycles. The molecule has 0 spiro atoms. The van der Waals surface area contributed by atoms with E-state index in [1.807, 2.05) is 17.4 Å². The minimum absolute atomic E-state index is 0.376. The van der Waals surface area contributed by atoms with Crippen LogP contribution >= 0.6 is 23.6 Å². The van der Waals surface area contributed by atoms with Gasteiger partial charge in [0.15, 0.2) is 0 Å². The summed E-state index contributed by atoms with van der Waals surface area (Å²) in [6.07, 6.45) is 2.87. The number of hydrogen-bond donors (Lipinski definition) is 1. The molecule has 0 radical (unpaired) electrons. The monoisotopic (exact) mass is 303 g/mol. The Morgan fingerprint density at radius 2 is 2.40 bits per heavy atom. The van der Waals surface area contributed by atoms with Crippen LogP contribution < -0.4 is 5.73 Å². The molecule has 3 rings (SSSR count). The van der Waals surface area contributed by atoms with Crippen molar-refractivity contribution in [3.05, 3.63) is 51.5 Å². The topological polar surface area (TPSA) is 42.2 Å². The van der Waals surface area contributed by atoms with Crippen molar-refractivity contribution in [2.75, 3.05) is 6.54 Å². The summed E-state index contributed by atoms with van der Waals surface area (Å²) in [7, 11) is 0. The first-order valence-electron chi connectivity index (χ1n) is 6.71. The van der Waals surface area contributed by atoms with E-state index in [-0.39, 0.29) is 0 Å². The van der Waals surface area contributed by atoms with Crippen LogP contribution in [0.2, 0.25) is 0 Å². The molecule has 3 nitrogen and oxygen atoms in total. The number of nitrogens with zero attached hydrogens (tertiary/aromatic N) is 2. The second-order valence-corrected chi connectivity index (χ2v) is 6.51. The maximum atomic E-state index is 5.77. The number of fused-ring (bicyclic) bond motifs is 1. The maximum absolute atomic E-state index is 5.77. The van der Waals surface area contributed by atoms with E-state index in [2.05, 4.69) is 34.3 Å². The lowest BCUT2D eigenvalue weighted by Gasteiger charge is -2.33. The van der Waals surface area contributed by atoms with Gasteiger partial charge in [-0.05, 0) is 42.0 Å². The van der Waals surface area contributed by atoms with E-state index in [9.17, 15) is 0 Å². The van der Waals surface area contributed by atoms with Crippen LogP contribution in [0.1, 0.15) is 34.7 Å². The molecular formula is C15H17N3S2. The fourth-order valence-electron chi connectivity index (χ4n) is 2.78. The predicted octanol–water partition coefficient (Wildman–Crippen LogP) is 2.90. The molecule has 0 saturated carbocycles. The molecule has 1 unspecified atom stereocenters. The van der Waals surface area contributed by atoms with Gasteiger partial charge < -0.3 is 5.73 Å². The van der Waals surface area contributed by atoms with Crippen molar-refractivity contribution in [1.29, 1.82) is 0 Å². The molecule has 2 aromatic rings. The fraction of sp³-hybridized carbons (Fsp3) is 0.333. The zero-order chi connectivity index (χ0) is 14.1. The molecule has 0 amide bonds. The number of rotatable bonds is 3. The summed E-state index contributed by atoms with van der Waals surface area (Å²) in [6.45, 7) is 4.18. The molecule has 0 aliphatic carbocycles. The Bertz CT molecular complexity index is 636. The lowest BCUT2D eigenvalue weighted by atomic mass is 10.0. The van der Waals surface area contributed by atoms with Crippen molar-refractivity contribution < 1.29 is 0 Å². The first-order valence-corrected chi connectivity index (χ1v) is 7.99. The van der Waals surface area contributed by atoms with Crippen molar-refractivity contribution in [2.45, 2.75) is 25.9 Å². The van der Waals surface area contributed by atoms with Crippen LogP contribution in [0.4, 0.5) is 0 Å². The molecular weight excluding hydrogens is 286 g/mol. The lowest BCUT2D eigenvalue weighted by Crippen LogP contribution is -2.33. The van der Waals surface area contributed by atoms with Gasteiger partial charge >= 0.3 is 0 Å². The van der Waals surface area contributed by atoms with Crippen LogP contribution in [0.25, 0.3) is 0 Å². The quantitative estimate of drug-likeness (QED) is 0.885. The minimum atomic E-state index is 0.376. The second kappa shape index (κ2) is 5.60. The average molecular weight is 303 g/mol. The van der Waals surface area contributed by atoms with E-state index in [4.69, 9.17) is 18.0 Å². The third kappa shape index (κ3) is 2.49. The highest BCUT2D eigenvalue weighted by molar-refractivity contribution is 7.80. The highest BCUT2D eigenvalue weighted by Crippen LogP contribution is 2.33. The van der Waals surface area contributed by atoms with E-state index in [0.29, 0.717) is 11.0 Å². The Balaban J connectivity index is 1.85. The normalized spacial score (nSPS) is 18.8. The Hall–Kier alpha value is -1.30. The summed E-state index contributed by atoms with van der Waals surface area (Å²) in [5, 5.41) is 2.19. The number of hydrogen-bond acceptors (Lipinski definition) is 4. The van der Waals surface area contributed by atoms with Crippen LogP contribution in [0.15, 0.2) is 29.8 Å². The van der Waals surface area contributed by atoms with Gasteiger partial charge in [0, 0.05) is 30.2 Å². The Morgan fingerprint density at radius 3 is 3.20 bits per heavy atom. The van der Waals surface area contributed by atoms with Gasteiger partial charge in [-0.15, -0.1) is 11.3 Å². The van der Waals surface area contributed by atoms with Gasteiger partial charge in [-0.1, -0.05) is 18.3 Å². The van der Waals surface area contributed by atoms with E-state index in [1.54, 1.807) is 6.20 Å². The third-order valence-corrected chi connectivity index (χ3v) is 5.09. The van der Waals surface area contributed by atoms with Gasteiger partial charge in [0.05, 0.1) is 0 Å². The lowest BCUT2D eigenvalue weighted by molar-refractivity contribution is 0.191. The van der Waals surface area contributed by atoms with E-state index >= 15 is 0 Å². The smallest absolute Gasteiger partial charge is 0.123 e. The van der Waals surface area contributed by atoms with Gasteiger partial charge in [-0.3, -0.25) is 9.88 Å². The van der Waals surface area contributed by atoms with Crippen LogP contribution in [-0.2, 0) is 13.0 Å². The second-order valence-electron chi connectivity index (χ2n) is 5.07. The number of pyridine rings is 1. The highest BCUT2D eigenvalue weighted by atomic mass is 32.1. The first-order chi connectivity index (χ1) is 9.66. The summed E-state index contributed by atoms with van der Waals surface area (Å²) in [5.74, 6) is 0. The van der Waals surface area contributed by atoms with Crippen LogP contribution in [0.3, 0.4) is 0 Å². The van der Waals surface area contributed by atoms with E-state index < -0.39 is 0 Å². The van der Waals surface area contributed by atoms with Gasteiger partial charge in [0.25, 0.3) is 0 Å². The van der Waals surface area contributed by atoms with Crippen molar-refractivity contribution >= 4 is 28.5 Å². The average Bonchev–Trinajstić information content (AvgIpc) is 2.91. The summed E-state index contributed by atoms with van der Waals surface area (Å²) >= 11 is 6.96. The molecule has 0 aromatic carbocycles. The van der Waals surface area contributed by atoms with Gasteiger partial charge in [0.1, 0.15) is 10.7 Å². The Morgan fingerprint density at radius 1 is 1.55 bits per heavy atom. The molecule has 104 valence electrons. The molecule has 2 N–H and O–H groups in total. The number of nitrogens with two attached hydrogens (primary N) is 1. The van der Waals surface area contributed by atoms with Crippen molar-refractivity contribution in [1.82, 2.24) is 9.88 Å². The maximum Gasteiger partial charge on any atom is 0.123 e. The van der Waals surface area contributed by atoms with Crippen molar-refractivity contribution in [2.24, 2.45) is 5.73 Å². The van der Waals surface area contributed by atoms with Crippen molar-refractivity contribution in [3.8, 4) is 0 Å². The zero-order valence-electron chi connectivity index (χ0n) is 11.4. The van der Waals surface area contributed by atoms with Gasteiger partial charge in [-0.25, -0.2) is 0 Å². The molecule has 2 aromatic heterocycles.